The van der Waals surface area contributed by atoms with Crippen molar-refractivity contribution in [3.8, 4) is 0 Å². The van der Waals surface area contributed by atoms with Crippen molar-refractivity contribution in [1.82, 2.24) is 9.97 Å². The third-order valence-corrected chi connectivity index (χ3v) is 2.58. The van der Waals surface area contributed by atoms with E-state index in [-0.39, 0.29) is 5.41 Å². The van der Waals surface area contributed by atoms with Gasteiger partial charge in [-0.15, -0.1) is 0 Å². The highest BCUT2D eigenvalue weighted by molar-refractivity contribution is 5.76. The fraction of sp³-hybridized carbons (Fsp3) is 0.583. The van der Waals surface area contributed by atoms with Crippen LogP contribution in [0.3, 0.4) is 0 Å². The summed E-state index contributed by atoms with van der Waals surface area (Å²) in [6, 6.07) is 0. The summed E-state index contributed by atoms with van der Waals surface area (Å²) in [5.74, 6) is 1.44. The predicted molar refractivity (Wildman–Crippen MR) is 61.1 cm³/mol. The standard InChI is InChI=1S/C12H18N2O/c1-7(2)10-8(12(3,4)5)9-11(15-10)14-6-13-9/h6-7H,1-5H3,(H,13,14). The fourth-order valence-corrected chi connectivity index (χ4v) is 1.97. The number of rotatable bonds is 1. The van der Waals surface area contributed by atoms with Gasteiger partial charge in [0.15, 0.2) is 0 Å². The molecule has 0 saturated heterocycles. The van der Waals surface area contributed by atoms with Crippen LogP contribution in [-0.2, 0) is 5.41 Å². The summed E-state index contributed by atoms with van der Waals surface area (Å²) >= 11 is 0. The normalized spacial score (nSPS) is 12.9. The molecule has 0 aliphatic heterocycles. The van der Waals surface area contributed by atoms with E-state index in [1.165, 1.54) is 5.56 Å². The first-order valence-corrected chi connectivity index (χ1v) is 5.37. The van der Waals surface area contributed by atoms with E-state index in [9.17, 15) is 0 Å². The molecular formula is C12H18N2O. The quantitative estimate of drug-likeness (QED) is 0.774. The highest BCUT2D eigenvalue weighted by atomic mass is 16.3. The second kappa shape index (κ2) is 3.12. The van der Waals surface area contributed by atoms with Crippen molar-refractivity contribution < 1.29 is 4.42 Å². The Labute approximate surface area is 89.9 Å². The fourth-order valence-electron chi connectivity index (χ4n) is 1.97. The van der Waals surface area contributed by atoms with Crippen LogP contribution in [0.2, 0.25) is 0 Å². The molecule has 15 heavy (non-hydrogen) atoms. The summed E-state index contributed by atoms with van der Waals surface area (Å²) in [5, 5.41) is 0. The molecular weight excluding hydrogens is 188 g/mol. The Bertz CT molecular complexity index is 471. The Balaban J connectivity index is 2.75. The van der Waals surface area contributed by atoms with Gasteiger partial charge in [0.25, 0.3) is 0 Å². The average Bonchev–Trinajstić information content (AvgIpc) is 2.56. The zero-order valence-corrected chi connectivity index (χ0v) is 10.0. The third-order valence-electron chi connectivity index (χ3n) is 2.58. The number of hydrogen-bond donors (Lipinski definition) is 1. The van der Waals surface area contributed by atoms with Gasteiger partial charge in [0.1, 0.15) is 11.3 Å². The number of aromatic nitrogens is 2. The summed E-state index contributed by atoms with van der Waals surface area (Å²) in [4.78, 5) is 7.34. The van der Waals surface area contributed by atoms with Crippen molar-refractivity contribution in [2.24, 2.45) is 0 Å². The Morgan fingerprint density at radius 2 is 2.00 bits per heavy atom. The monoisotopic (exact) mass is 206 g/mol. The minimum Gasteiger partial charge on any atom is -0.441 e. The van der Waals surface area contributed by atoms with Crippen molar-refractivity contribution >= 4 is 11.2 Å². The zero-order valence-electron chi connectivity index (χ0n) is 10.0. The summed E-state index contributed by atoms with van der Waals surface area (Å²) < 4.78 is 5.78. The van der Waals surface area contributed by atoms with Gasteiger partial charge in [0, 0.05) is 11.5 Å². The maximum atomic E-state index is 5.78. The van der Waals surface area contributed by atoms with Crippen molar-refractivity contribution in [3.63, 3.8) is 0 Å². The number of furan rings is 1. The number of nitrogens with zero attached hydrogens (tertiary/aromatic N) is 1. The topological polar surface area (TPSA) is 41.8 Å². The van der Waals surface area contributed by atoms with E-state index in [0.717, 1.165) is 17.0 Å². The first-order valence-electron chi connectivity index (χ1n) is 5.37. The second-order valence-electron chi connectivity index (χ2n) is 5.33. The van der Waals surface area contributed by atoms with Gasteiger partial charge in [-0.25, -0.2) is 4.98 Å². The average molecular weight is 206 g/mol. The highest BCUT2D eigenvalue weighted by Gasteiger charge is 2.27. The van der Waals surface area contributed by atoms with Crippen molar-refractivity contribution in [2.45, 2.75) is 46.0 Å². The van der Waals surface area contributed by atoms with E-state index in [1.54, 1.807) is 6.33 Å². The molecule has 3 heteroatoms. The largest absolute Gasteiger partial charge is 0.441 e. The maximum absolute atomic E-state index is 5.78. The first-order chi connectivity index (χ1) is 6.91. The number of nitrogens with one attached hydrogen (secondary N) is 1. The lowest BCUT2D eigenvalue weighted by molar-refractivity contribution is 0.481. The van der Waals surface area contributed by atoms with E-state index in [0.29, 0.717) is 5.92 Å². The lowest BCUT2D eigenvalue weighted by atomic mass is 9.84. The molecule has 0 saturated carbocycles. The van der Waals surface area contributed by atoms with Crippen LogP contribution in [0.5, 0.6) is 0 Å². The maximum Gasteiger partial charge on any atom is 0.244 e. The molecule has 1 N–H and O–H groups in total. The SMILES string of the molecule is CC(C)c1oc2nc[nH]c2c1C(C)(C)C. The molecule has 3 nitrogen and oxygen atoms in total. The highest BCUT2D eigenvalue weighted by Crippen LogP contribution is 2.37. The van der Waals surface area contributed by atoms with Crippen molar-refractivity contribution in [1.29, 1.82) is 0 Å². The van der Waals surface area contributed by atoms with Gasteiger partial charge in [0.2, 0.25) is 5.71 Å². The molecule has 2 aromatic heterocycles. The van der Waals surface area contributed by atoms with Crippen LogP contribution in [0.25, 0.3) is 11.2 Å². The number of hydrogen-bond acceptors (Lipinski definition) is 2. The lowest BCUT2D eigenvalue weighted by Gasteiger charge is -2.19. The molecule has 0 radical (unpaired) electrons. The minimum atomic E-state index is 0.0807. The molecule has 0 bridgehead atoms. The van der Waals surface area contributed by atoms with Gasteiger partial charge in [0.05, 0.1) is 6.33 Å². The van der Waals surface area contributed by atoms with E-state index < -0.39 is 0 Å². The van der Waals surface area contributed by atoms with Gasteiger partial charge >= 0.3 is 0 Å². The number of fused-ring (bicyclic) bond motifs is 1. The van der Waals surface area contributed by atoms with Gasteiger partial charge in [-0.1, -0.05) is 34.6 Å². The van der Waals surface area contributed by atoms with Crippen LogP contribution in [0.1, 0.15) is 51.9 Å². The van der Waals surface area contributed by atoms with Gasteiger partial charge in [-0.2, -0.15) is 0 Å². The molecule has 82 valence electrons. The zero-order chi connectivity index (χ0) is 11.2. The molecule has 2 heterocycles. The van der Waals surface area contributed by atoms with E-state index in [1.807, 2.05) is 0 Å². The van der Waals surface area contributed by atoms with Crippen LogP contribution in [-0.4, -0.2) is 9.97 Å². The molecule has 0 unspecified atom stereocenters. The molecule has 2 aromatic rings. The summed E-state index contributed by atoms with van der Waals surface area (Å²) in [5.41, 5.74) is 3.11. The molecule has 0 amide bonds. The van der Waals surface area contributed by atoms with Gasteiger partial charge in [-0.05, 0) is 5.41 Å². The van der Waals surface area contributed by atoms with E-state index in [2.05, 4.69) is 44.6 Å². The molecule has 0 spiro atoms. The number of aromatic amines is 1. The van der Waals surface area contributed by atoms with Crippen LogP contribution in [0.15, 0.2) is 10.7 Å². The summed E-state index contributed by atoms with van der Waals surface area (Å²) in [7, 11) is 0. The molecule has 0 atom stereocenters. The van der Waals surface area contributed by atoms with Crippen LogP contribution < -0.4 is 0 Å². The Kier molecular flexibility index (Phi) is 2.14. The van der Waals surface area contributed by atoms with Gasteiger partial charge in [-0.3, -0.25) is 0 Å². The van der Waals surface area contributed by atoms with E-state index in [4.69, 9.17) is 4.42 Å². The van der Waals surface area contributed by atoms with Gasteiger partial charge < -0.3 is 9.40 Å². The molecule has 2 rings (SSSR count). The molecule has 0 aliphatic rings. The first kappa shape index (κ1) is 10.3. The lowest BCUT2D eigenvalue weighted by Crippen LogP contribution is -2.13. The smallest absolute Gasteiger partial charge is 0.244 e. The Morgan fingerprint density at radius 1 is 1.33 bits per heavy atom. The minimum absolute atomic E-state index is 0.0807. The molecule has 0 aromatic carbocycles. The summed E-state index contributed by atoms with van der Waals surface area (Å²) in [6.45, 7) is 10.9. The van der Waals surface area contributed by atoms with Crippen LogP contribution >= 0.6 is 0 Å². The number of H-pyrrole nitrogens is 1. The van der Waals surface area contributed by atoms with Crippen molar-refractivity contribution in [3.05, 3.63) is 17.7 Å². The second-order valence-corrected chi connectivity index (χ2v) is 5.33. The molecule has 0 aliphatic carbocycles. The van der Waals surface area contributed by atoms with E-state index >= 15 is 0 Å². The van der Waals surface area contributed by atoms with Crippen molar-refractivity contribution in [2.75, 3.05) is 0 Å². The Morgan fingerprint density at radius 3 is 2.53 bits per heavy atom. The molecule has 0 fully saturated rings. The summed E-state index contributed by atoms with van der Waals surface area (Å²) in [6.07, 6.45) is 1.69. The predicted octanol–water partition coefficient (Wildman–Crippen LogP) is 3.58. The third kappa shape index (κ3) is 1.56. The number of imidazole rings is 1. The Hall–Kier alpha value is -1.25. The van der Waals surface area contributed by atoms with Crippen LogP contribution in [0.4, 0.5) is 0 Å². The van der Waals surface area contributed by atoms with Crippen LogP contribution in [0, 0.1) is 0 Å².